The van der Waals surface area contributed by atoms with E-state index < -0.39 is 0 Å². The van der Waals surface area contributed by atoms with Crippen molar-refractivity contribution in [3.05, 3.63) is 39.7 Å². The molecule has 1 aromatic carbocycles. The predicted octanol–water partition coefficient (Wildman–Crippen LogP) is 5.74. The van der Waals surface area contributed by atoms with Crippen LogP contribution in [0, 0.1) is 11.3 Å². The summed E-state index contributed by atoms with van der Waals surface area (Å²) in [6.07, 6.45) is 3.38. The third-order valence-electron chi connectivity index (χ3n) is 5.28. The molecular formula is C20H22ClN3S. The van der Waals surface area contributed by atoms with E-state index in [9.17, 15) is 0 Å². The van der Waals surface area contributed by atoms with Gasteiger partial charge in [0, 0.05) is 10.4 Å². The van der Waals surface area contributed by atoms with E-state index in [0.29, 0.717) is 28.0 Å². The lowest BCUT2D eigenvalue weighted by Crippen LogP contribution is -2.26. The second kappa shape index (κ2) is 5.96. The predicted molar refractivity (Wildman–Crippen MR) is 107 cm³/mol. The molecular weight excluding hydrogens is 350 g/mol. The van der Waals surface area contributed by atoms with Crippen LogP contribution in [0.1, 0.15) is 37.6 Å². The maximum atomic E-state index is 6.35. The molecule has 0 saturated carbocycles. The molecule has 0 saturated heterocycles. The Labute approximate surface area is 157 Å². The largest absolute Gasteiger partial charge is 0.383 e. The summed E-state index contributed by atoms with van der Waals surface area (Å²) < 4.78 is 0. The van der Waals surface area contributed by atoms with E-state index >= 15 is 0 Å². The summed E-state index contributed by atoms with van der Waals surface area (Å²) in [6, 6.07) is 7.64. The van der Waals surface area contributed by atoms with Crippen LogP contribution in [0.15, 0.2) is 24.3 Å². The van der Waals surface area contributed by atoms with Gasteiger partial charge in [0.25, 0.3) is 0 Å². The van der Waals surface area contributed by atoms with Gasteiger partial charge in [-0.1, -0.05) is 44.5 Å². The minimum absolute atomic E-state index is 0.327. The Morgan fingerprint density at radius 2 is 1.96 bits per heavy atom. The fourth-order valence-corrected chi connectivity index (χ4v) is 5.24. The number of anilines is 1. The minimum atomic E-state index is 0.327. The number of nitrogens with two attached hydrogens (primary N) is 1. The van der Waals surface area contributed by atoms with E-state index in [1.54, 1.807) is 11.3 Å². The first-order valence-corrected chi connectivity index (χ1v) is 9.86. The van der Waals surface area contributed by atoms with E-state index in [1.165, 1.54) is 16.9 Å². The van der Waals surface area contributed by atoms with Gasteiger partial charge in [-0.2, -0.15) is 0 Å². The van der Waals surface area contributed by atoms with Crippen molar-refractivity contribution in [3.8, 4) is 11.4 Å². The van der Waals surface area contributed by atoms with Gasteiger partial charge in [-0.3, -0.25) is 0 Å². The van der Waals surface area contributed by atoms with Gasteiger partial charge in [0.2, 0.25) is 0 Å². The number of hydrogen-bond acceptors (Lipinski definition) is 4. The van der Waals surface area contributed by atoms with Crippen LogP contribution in [0.25, 0.3) is 21.6 Å². The van der Waals surface area contributed by atoms with Crippen LogP contribution in [0.4, 0.5) is 5.82 Å². The Kier molecular flexibility index (Phi) is 4.00. The van der Waals surface area contributed by atoms with Crippen molar-refractivity contribution < 1.29 is 0 Å². The highest BCUT2D eigenvalue weighted by Gasteiger charge is 2.31. The van der Waals surface area contributed by atoms with Crippen LogP contribution in [-0.2, 0) is 12.8 Å². The summed E-state index contributed by atoms with van der Waals surface area (Å²) in [5, 5.41) is 1.71. The van der Waals surface area contributed by atoms with Crippen molar-refractivity contribution in [1.29, 1.82) is 0 Å². The van der Waals surface area contributed by atoms with Crippen molar-refractivity contribution >= 4 is 39.0 Å². The first-order valence-electron chi connectivity index (χ1n) is 8.67. The molecule has 2 N–H and O–H groups in total. The van der Waals surface area contributed by atoms with Crippen LogP contribution in [0.3, 0.4) is 0 Å². The molecule has 1 atom stereocenters. The highest BCUT2D eigenvalue weighted by molar-refractivity contribution is 7.19. The molecule has 0 spiro atoms. The van der Waals surface area contributed by atoms with Crippen molar-refractivity contribution in [2.75, 3.05) is 5.73 Å². The smallest absolute Gasteiger partial charge is 0.164 e. The quantitative estimate of drug-likeness (QED) is 0.592. The van der Waals surface area contributed by atoms with Crippen molar-refractivity contribution in [2.24, 2.45) is 11.3 Å². The molecule has 0 amide bonds. The van der Waals surface area contributed by atoms with Gasteiger partial charge < -0.3 is 5.73 Å². The third kappa shape index (κ3) is 2.91. The number of fused-ring (bicyclic) bond motifs is 3. The summed E-state index contributed by atoms with van der Waals surface area (Å²) in [7, 11) is 0. The molecule has 5 heteroatoms. The zero-order chi connectivity index (χ0) is 17.8. The fraction of sp³-hybridized carbons (Fsp3) is 0.400. The summed E-state index contributed by atoms with van der Waals surface area (Å²) in [5.41, 5.74) is 8.87. The van der Waals surface area contributed by atoms with Gasteiger partial charge in [0.15, 0.2) is 5.82 Å². The molecule has 3 aromatic rings. The third-order valence-corrected chi connectivity index (χ3v) is 6.75. The number of thiophene rings is 1. The molecule has 1 aliphatic carbocycles. The maximum absolute atomic E-state index is 6.35. The number of hydrogen-bond donors (Lipinski definition) is 1. The van der Waals surface area contributed by atoms with Crippen LogP contribution in [0.2, 0.25) is 5.02 Å². The number of benzene rings is 1. The first kappa shape index (κ1) is 16.8. The molecule has 3 nitrogen and oxygen atoms in total. The van der Waals surface area contributed by atoms with Crippen molar-refractivity contribution in [2.45, 2.75) is 40.0 Å². The first-order chi connectivity index (χ1) is 11.8. The molecule has 0 bridgehead atoms. The highest BCUT2D eigenvalue weighted by Crippen LogP contribution is 2.44. The Morgan fingerprint density at radius 1 is 1.20 bits per heavy atom. The Morgan fingerprint density at radius 3 is 2.68 bits per heavy atom. The Bertz CT molecular complexity index is 955. The summed E-state index contributed by atoms with van der Waals surface area (Å²) in [6.45, 7) is 7.00. The number of aryl methyl sites for hydroxylation is 1. The molecule has 0 aliphatic heterocycles. The summed E-state index contributed by atoms with van der Waals surface area (Å²) in [5.74, 6) is 1.89. The van der Waals surface area contributed by atoms with Crippen molar-refractivity contribution in [3.63, 3.8) is 0 Å². The zero-order valence-electron chi connectivity index (χ0n) is 14.8. The fourth-order valence-electron chi connectivity index (χ4n) is 3.71. The van der Waals surface area contributed by atoms with Gasteiger partial charge in [0.1, 0.15) is 10.6 Å². The Balaban J connectivity index is 1.83. The lowest BCUT2D eigenvalue weighted by molar-refractivity contribution is 0.218. The maximum Gasteiger partial charge on any atom is 0.164 e. The van der Waals surface area contributed by atoms with E-state index in [1.807, 2.05) is 24.3 Å². The van der Waals surface area contributed by atoms with E-state index in [2.05, 4.69) is 25.8 Å². The van der Waals surface area contributed by atoms with Crippen LogP contribution < -0.4 is 5.73 Å². The molecule has 2 aromatic heterocycles. The molecule has 2 heterocycles. The van der Waals surface area contributed by atoms with Gasteiger partial charge in [0.05, 0.1) is 10.4 Å². The highest BCUT2D eigenvalue weighted by atomic mass is 35.5. The number of rotatable bonds is 1. The molecule has 1 aliphatic rings. The average molecular weight is 372 g/mol. The SMILES string of the molecule is CC(C)(C)C1CCc2c(sc3nc(-c4ccccc4Cl)nc(N)c23)C1. The zero-order valence-corrected chi connectivity index (χ0v) is 16.3. The second-order valence-corrected chi connectivity index (χ2v) is 9.39. The van der Waals surface area contributed by atoms with Crippen molar-refractivity contribution in [1.82, 2.24) is 9.97 Å². The molecule has 25 heavy (non-hydrogen) atoms. The number of nitrogen functional groups attached to an aromatic ring is 1. The lowest BCUT2D eigenvalue weighted by atomic mass is 9.72. The monoisotopic (exact) mass is 371 g/mol. The lowest BCUT2D eigenvalue weighted by Gasteiger charge is -2.33. The van der Waals surface area contributed by atoms with Gasteiger partial charge in [-0.15, -0.1) is 11.3 Å². The van der Waals surface area contributed by atoms with Gasteiger partial charge >= 0.3 is 0 Å². The van der Waals surface area contributed by atoms with Crippen LogP contribution in [0.5, 0.6) is 0 Å². The standard InChI is InChI=1S/C20H22ClN3S/c1-20(2,3)11-8-9-13-15(10-11)25-19-16(13)17(22)23-18(24-19)12-6-4-5-7-14(12)21/h4-7,11H,8-10H2,1-3H3,(H2,22,23,24). The number of nitrogens with zero attached hydrogens (tertiary/aromatic N) is 2. The number of aromatic nitrogens is 2. The van der Waals surface area contributed by atoms with Crippen LogP contribution >= 0.6 is 22.9 Å². The summed E-state index contributed by atoms with van der Waals surface area (Å²) in [4.78, 5) is 11.8. The molecule has 0 radical (unpaired) electrons. The van der Waals surface area contributed by atoms with E-state index in [0.717, 1.165) is 28.6 Å². The number of halogens is 1. The van der Waals surface area contributed by atoms with Crippen LogP contribution in [-0.4, -0.2) is 9.97 Å². The second-order valence-electron chi connectivity index (χ2n) is 7.90. The molecule has 130 valence electrons. The molecule has 4 rings (SSSR count). The van der Waals surface area contributed by atoms with Gasteiger partial charge in [-0.25, -0.2) is 9.97 Å². The van der Waals surface area contributed by atoms with E-state index in [4.69, 9.17) is 22.3 Å². The average Bonchev–Trinajstić information content (AvgIpc) is 2.92. The van der Waals surface area contributed by atoms with E-state index in [-0.39, 0.29) is 0 Å². The minimum Gasteiger partial charge on any atom is -0.383 e. The molecule has 1 unspecified atom stereocenters. The normalized spacial score (nSPS) is 17.7. The summed E-state index contributed by atoms with van der Waals surface area (Å²) >= 11 is 8.09. The molecule has 0 fully saturated rings. The van der Waals surface area contributed by atoms with Gasteiger partial charge in [-0.05, 0) is 48.3 Å². The Hall–Kier alpha value is -1.65. The topological polar surface area (TPSA) is 51.8 Å².